The normalized spacial score (nSPS) is 52.5. The molecule has 5 heteroatoms. The zero-order chi connectivity index (χ0) is 19.0. The Labute approximate surface area is 169 Å². The van der Waals surface area contributed by atoms with Crippen LogP contribution in [-0.4, -0.2) is 17.4 Å². The van der Waals surface area contributed by atoms with Gasteiger partial charge in [0.15, 0.2) is 0 Å². The molecule has 8 saturated carbocycles. The van der Waals surface area contributed by atoms with Crippen LogP contribution in [0.4, 0.5) is 0 Å². The van der Waals surface area contributed by atoms with E-state index < -0.39 is 7.60 Å². The van der Waals surface area contributed by atoms with E-state index in [1.807, 2.05) is 0 Å². The molecule has 0 unspecified atom stereocenters. The molecule has 0 aromatic heterocycles. The maximum atomic E-state index is 14.1. The van der Waals surface area contributed by atoms with Gasteiger partial charge >= 0.3 is 7.60 Å². The van der Waals surface area contributed by atoms with Crippen LogP contribution in [0.25, 0.3) is 0 Å². The van der Waals surface area contributed by atoms with Crippen molar-refractivity contribution in [3.05, 3.63) is 0 Å². The molecular formula is C23H34NO3P. The summed E-state index contributed by atoms with van der Waals surface area (Å²) in [7, 11) is -3.26. The molecule has 0 aromatic rings. The molecule has 0 heterocycles. The number of hydrogen-bond donors (Lipinski definition) is 0. The van der Waals surface area contributed by atoms with Gasteiger partial charge in [-0.25, -0.2) is 0 Å². The first-order valence-electron chi connectivity index (χ1n) is 11.8. The van der Waals surface area contributed by atoms with E-state index in [1.54, 1.807) is 0 Å². The first kappa shape index (κ1) is 18.4. The molecule has 0 aromatic carbocycles. The second-order valence-electron chi connectivity index (χ2n) is 11.6. The summed E-state index contributed by atoms with van der Waals surface area (Å²) in [4.78, 5) is 0. The summed E-state index contributed by atoms with van der Waals surface area (Å²) >= 11 is 0. The van der Waals surface area contributed by atoms with Crippen molar-refractivity contribution in [2.24, 2.45) is 35.5 Å². The standard InChI is InChI=1S/C23H34NO3P/c24-2-1-3-28(25,26-22-10-16-4-17(11-22)6-18(5-16)12-22)27-23-13-19-7-20(14-23)9-21(8-19)15-23/h16-21H,1,3-15H2. The molecule has 0 saturated heterocycles. The second-order valence-corrected chi connectivity index (χ2v) is 13.7. The van der Waals surface area contributed by atoms with E-state index in [4.69, 9.17) is 9.05 Å². The Balaban J connectivity index is 1.26. The van der Waals surface area contributed by atoms with E-state index in [1.165, 1.54) is 38.5 Å². The van der Waals surface area contributed by atoms with Gasteiger partial charge in [-0.2, -0.15) is 5.26 Å². The molecule has 0 N–H and O–H groups in total. The van der Waals surface area contributed by atoms with E-state index >= 15 is 0 Å². The van der Waals surface area contributed by atoms with Gasteiger partial charge in [0.05, 0.1) is 23.4 Å². The van der Waals surface area contributed by atoms with Crippen LogP contribution in [0, 0.1) is 46.8 Å². The predicted octanol–water partition coefficient (Wildman–Crippen LogP) is 6.06. The summed E-state index contributed by atoms with van der Waals surface area (Å²) in [6.45, 7) is 0. The number of nitriles is 1. The largest absolute Gasteiger partial charge is 0.332 e. The quantitative estimate of drug-likeness (QED) is 0.506. The lowest BCUT2D eigenvalue weighted by Gasteiger charge is -2.58. The first-order chi connectivity index (χ1) is 13.4. The molecule has 0 atom stereocenters. The lowest BCUT2D eigenvalue weighted by Crippen LogP contribution is -2.53. The molecule has 8 bridgehead atoms. The van der Waals surface area contributed by atoms with Crippen molar-refractivity contribution in [1.29, 1.82) is 5.26 Å². The van der Waals surface area contributed by atoms with Crippen LogP contribution in [0.2, 0.25) is 0 Å². The van der Waals surface area contributed by atoms with Gasteiger partial charge in [-0.3, -0.25) is 4.57 Å². The summed E-state index contributed by atoms with van der Waals surface area (Å²) in [6.07, 6.45) is 15.1. The molecule has 8 aliphatic rings. The lowest BCUT2D eigenvalue weighted by atomic mass is 9.54. The average molecular weight is 404 g/mol. The first-order valence-corrected chi connectivity index (χ1v) is 13.5. The van der Waals surface area contributed by atoms with Crippen molar-refractivity contribution < 1.29 is 13.6 Å². The minimum absolute atomic E-state index is 0.220. The van der Waals surface area contributed by atoms with Gasteiger partial charge in [0.25, 0.3) is 0 Å². The Hall–Kier alpha value is -0.360. The maximum Gasteiger partial charge on any atom is 0.332 e. The average Bonchev–Trinajstić information content (AvgIpc) is 2.56. The fourth-order valence-electron chi connectivity index (χ4n) is 9.17. The van der Waals surface area contributed by atoms with Crippen molar-refractivity contribution in [2.45, 2.75) is 94.7 Å². The molecule has 4 nitrogen and oxygen atoms in total. The smallest absolute Gasteiger partial charge is 0.302 e. The molecule has 8 rings (SSSR count). The summed E-state index contributed by atoms with van der Waals surface area (Å²) in [5.74, 6) is 4.56. The number of rotatable bonds is 6. The monoisotopic (exact) mass is 403 g/mol. The van der Waals surface area contributed by atoms with Crippen LogP contribution in [-0.2, 0) is 13.6 Å². The van der Waals surface area contributed by atoms with Crippen LogP contribution in [0.15, 0.2) is 0 Å². The Bertz CT molecular complexity index is 620. The van der Waals surface area contributed by atoms with E-state index in [-0.39, 0.29) is 23.8 Å². The molecule has 8 fully saturated rings. The third kappa shape index (κ3) is 3.12. The van der Waals surface area contributed by atoms with Crippen LogP contribution in [0.1, 0.15) is 83.5 Å². The van der Waals surface area contributed by atoms with Gasteiger partial charge in [0.2, 0.25) is 0 Å². The lowest BCUT2D eigenvalue weighted by molar-refractivity contribution is -0.140. The third-order valence-corrected chi connectivity index (χ3v) is 11.2. The van der Waals surface area contributed by atoms with E-state index in [0.29, 0.717) is 0 Å². The zero-order valence-corrected chi connectivity index (χ0v) is 17.9. The number of hydrogen-bond acceptors (Lipinski definition) is 4. The molecule has 28 heavy (non-hydrogen) atoms. The summed E-state index contributed by atoms with van der Waals surface area (Å²) < 4.78 is 27.5. The minimum atomic E-state index is -3.26. The summed E-state index contributed by atoms with van der Waals surface area (Å²) in [5, 5.41) is 9.21. The summed E-state index contributed by atoms with van der Waals surface area (Å²) in [5.41, 5.74) is -0.440. The van der Waals surface area contributed by atoms with Gasteiger partial charge in [-0.05, 0) is 113 Å². The van der Waals surface area contributed by atoms with Crippen LogP contribution < -0.4 is 0 Å². The fraction of sp³-hybridized carbons (Fsp3) is 0.957. The van der Waals surface area contributed by atoms with Gasteiger partial charge in [-0.15, -0.1) is 0 Å². The van der Waals surface area contributed by atoms with Gasteiger partial charge in [0, 0.05) is 6.42 Å². The summed E-state index contributed by atoms with van der Waals surface area (Å²) in [6, 6.07) is 2.21. The molecular weight excluding hydrogens is 369 g/mol. The van der Waals surface area contributed by atoms with Crippen molar-refractivity contribution in [2.75, 3.05) is 6.16 Å². The zero-order valence-electron chi connectivity index (χ0n) is 17.0. The molecule has 0 aliphatic heterocycles. The van der Waals surface area contributed by atoms with Crippen LogP contribution in [0.5, 0.6) is 0 Å². The highest BCUT2D eigenvalue weighted by molar-refractivity contribution is 7.53. The SMILES string of the molecule is N#CCCP(=O)(OC12CC3CC(CC(C3)C1)C2)OC12CC3CC(CC(C3)C1)C2. The maximum absolute atomic E-state index is 14.1. The Kier molecular flexibility index (Phi) is 4.16. The van der Waals surface area contributed by atoms with E-state index in [0.717, 1.165) is 74.0 Å². The highest BCUT2D eigenvalue weighted by Crippen LogP contribution is 2.68. The molecule has 8 aliphatic carbocycles. The molecule has 0 amide bonds. The van der Waals surface area contributed by atoms with E-state index in [2.05, 4.69) is 6.07 Å². The fourth-order valence-corrected chi connectivity index (χ4v) is 11.4. The molecule has 0 spiro atoms. The van der Waals surface area contributed by atoms with Crippen molar-refractivity contribution in [1.82, 2.24) is 0 Å². The Morgan fingerprint density at radius 3 is 1.32 bits per heavy atom. The van der Waals surface area contributed by atoms with Gasteiger partial charge in [-0.1, -0.05) is 0 Å². The van der Waals surface area contributed by atoms with Crippen LogP contribution >= 0.6 is 7.60 Å². The predicted molar refractivity (Wildman–Crippen MR) is 107 cm³/mol. The highest BCUT2D eigenvalue weighted by atomic mass is 31.2. The number of nitrogens with zero attached hydrogens (tertiary/aromatic N) is 1. The van der Waals surface area contributed by atoms with Crippen molar-refractivity contribution in [3.8, 4) is 6.07 Å². The molecule has 154 valence electrons. The van der Waals surface area contributed by atoms with Crippen LogP contribution in [0.3, 0.4) is 0 Å². The Morgan fingerprint density at radius 2 is 1.04 bits per heavy atom. The third-order valence-electron chi connectivity index (χ3n) is 9.13. The van der Waals surface area contributed by atoms with Crippen molar-refractivity contribution >= 4 is 7.60 Å². The second kappa shape index (κ2) is 6.32. The van der Waals surface area contributed by atoms with Gasteiger partial charge < -0.3 is 9.05 Å². The topological polar surface area (TPSA) is 59.3 Å². The van der Waals surface area contributed by atoms with E-state index in [9.17, 15) is 9.83 Å². The van der Waals surface area contributed by atoms with Gasteiger partial charge in [0.1, 0.15) is 0 Å². The molecule has 0 radical (unpaired) electrons. The Morgan fingerprint density at radius 1 is 0.714 bits per heavy atom. The minimum Gasteiger partial charge on any atom is -0.302 e. The van der Waals surface area contributed by atoms with Crippen molar-refractivity contribution in [3.63, 3.8) is 0 Å². The highest BCUT2D eigenvalue weighted by Gasteiger charge is 2.58.